The van der Waals surface area contributed by atoms with E-state index in [9.17, 15) is 9.18 Å². The first-order valence-electron chi connectivity index (χ1n) is 10.0. The quantitative estimate of drug-likeness (QED) is 0.350. The Labute approximate surface area is 192 Å². The van der Waals surface area contributed by atoms with Crippen molar-refractivity contribution in [3.8, 4) is 11.5 Å². The van der Waals surface area contributed by atoms with Gasteiger partial charge in [-0.05, 0) is 58.7 Å². The molecule has 0 radical (unpaired) electrons. The third-order valence-electron chi connectivity index (χ3n) is 4.76. The highest BCUT2D eigenvalue weighted by atomic mass is 79.9. The zero-order valence-corrected chi connectivity index (χ0v) is 19.1. The number of pyridine rings is 1. The molecule has 2 N–H and O–H groups in total. The second-order valence-corrected chi connectivity index (χ2v) is 7.99. The number of carbonyl (C=O) groups excluding carboxylic acids is 1. The lowest BCUT2D eigenvalue weighted by Crippen LogP contribution is -2.24. The number of hydrogen-bond donors (Lipinski definition) is 2. The number of aryl methyl sites for hydroxylation is 1. The molecule has 0 saturated heterocycles. The van der Waals surface area contributed by atoms with Crippen molar-refractivity contribution in [1.29, 1.82) is 0 Å². The van der Waals surface area contributed by atoms with E-state index in [4.69, 9.17) is 4.74 Å². The molecule has 7 nitrogen and oxygen atoms in total. The van der Waals surface area contributed by atoms with Gasteiger partial charge >= 0.3 is 0 Å². The van der Waals surface area contributed by atoms with Crippen molar-refractivity contribution in [2.45, 2.75) is 13.3 Å². The fourth-order valence-corrected chi connectivity index (χ4v) is 3.37. The minimum atomic E-state index is -0.357. The maximum atomic E-state index is 13.8. The summed E-state index contributed by atoms with van der Waals surface area (Å²) in [4.78, 5) is 20.8. The van der Waals surface area contributed by atoms with Gasteiger partial charge in [-0.1, -0.05) is 6.92 Å². The Morgan fingerprint density at radius 2 is 1.97 bits per heavy atom. The first-order chi connectivity index (χ1) is 15.4. The molecule has 0 bridgehead atoms. The molecule has 0 saturated carbocycles. The van der Waals surface area contributed by atoms with Crippen LogP contribution in [-0.4, -0.2) is 27.0 Å². The molecule has 1 amide bonds. The molecule has 4 rings (SSSR count). The summed E-state index contributed by atoms with van der Waals surface area (Å²) in [5, 5.41) is 5.93. The van der Waals surface area contributed by atoms with Crippen LogP contribution in [0.3, 0.4) is 0 Å². The summed E-state index contributed by atoms with van der Waals surface area (Å²) >= 11 is 3.15. The third kappa shape index (κ3) is 4.72. The molecule has 2 aromatic carbocycles. The van der Waals surface area contributed by atoms with Gasteiger partial charge in [0, 0.05) is 37.6 Å². The predicted octanol–water partition coefficient (Wildman–Crippen LogP) is 5.55. The van der Waals surface area contributed by atoms with Crippen LogP contribution in [0, 0.1) is 5.82 Å². The Balaban J connectivity index is 1.55. The number of fused-ring (bicyclic) bond motifs is 1. The Hall–Kier alpha value is -3.46. The van der Waals surface area contributed by atoms with Crippen molar-refractivity contribution in [3.05, 3.63) is 70.7 Å². The molecule has 2 heterocycles. The predicted molar refractivity (Wildman–Crippen MR) is 125 cm³/mol. The summed E-state index contributed by atoms with van der Waals surface area (Å²) in [5.41, 5.74) is 2.47. The van der Waals surface area contributed by atoms with Crippen LogP contribution in [0.15, 0.2) is 59.2 Å². The molecule has 0 aliphatic carbocycles. The van der Waals surface area contributed by atoms with E-state index in [0.29, 0.717) is 45.4 Å². The number of carbonyl (C=O) groups is 1. The number of hydrogen-bond acceptors (Lipinski definition) is 5. The number of ether oxygens (including phenoxy) is 1. The van der Waals surface area contributed by atoms with Crippen molar-refractivity contribution >= 4 is 44.5 Å². The number of anilines is 2. The van der Waals surface area contributed by atoms with Gasteiger partial charge in [0.15, 0.2) is 0 Å². The molecule has 32 heavy (non-hydrogen) atoms. The molecule has 0 atom stereocenters. The van der Waals surface area contributed by atoms with Gasteiger partial charge in [-0.3, -0.25) is 9.78 Å². The molecule has 2 aromatic heterocycles. The third-order valence-corrected chi connectivity index (χ3v) is 5.41. The van der Waals surface area contributed by atoms with E-state index in [-0.39, 0.29) is 11.7 Å². The first kappa shape index (κ1) is 21.8. The van der Waals surface area contributed by atoms with Gasteiger partial charge in [0.2, 0.25) is 5.95 Å². The monoisotopic (exact) mass is 497 g/mol. The van der Waals surface area contributed by atoms with E-state index < -0.39 is 0 Å². The maximum Gasteiger partial charge on any atom is 0.270 e. The summed E-state index contributed by atoms with van der Waals surface area (Å²) in [5.74, 6) is 1.04. The first-order valence-corrected chi connectivity index (χ1v) is 10.8. The van der Waals surface area contributed by atoms with Gasteiger partial charge in [-0.25, -0.2) is 9.37 Å². The van der Waals surface area contributed by atoms with E-state index in [1.807, 2.05) is 30.7 Å². The molecule has 0 aliphatic heterocycles. The maximum absolute atomic E-state index is 13.8. The highest BCUT2D eigenvalue weighted by Crippen LogP contribution is 2.29. The van der Waals surface area contributed by atoms with Crippen LogP contribution in [0.25, 0.3) is 11.0 Å². The van der Waals surface area contributed by atoms with Crippen LogP contribution in [0.4, 0.5) is 16.0 Å². The second-order valence-electron chi connectivity index (χ2n) is 7.13. The van der Waals surface area contributed by atoms with Crippen molar-refractivity contribution in [1.82, 2.24) is 19.9 Å². The lowest BCUT2D eigenvalue weighted by atomic mass is 10.3. The van der Waals surface area contributed by atoms with E-state index in [0.717, 1.165) is 11.9 Å². The number of amides is 1. The van der Waals surface area contributed by atoms with Gasteiger partial charge in [0.05, 0.1) is 15.5 Å². The second kappa shape index (κ2) is 9.35. The van der Waals surface area contributed by atoms with E-state index in [2.05, 4.69) is 36.5 Å². The minimum absolute atomic E-state index is 0.238. The Bertz CT molecular complexity index is 1290. The molecule has 0 spiro atoms. The molecule has 0 fully saturated rings. The minimum Gasteiger partial charge on any atom is -0.457 e. The standard InChI is InChI=1S/C23H21BrFN5O2/c1-3-9-27-22(31)20-13-16(8-10-26-20)32-15-5-7-21-19(12-15)29-23(30(21)2)28-14-4-6-17(24)18(25)11-14/h4-8,10-13H,3,9H2,1-2H3,(H,27,31)(H,28,29). The molecule has 164 valence electrons. The summed E-state index contributed by atoms with van der Waals surface area (Å²) in [6.45, 7) is 2.57. The number of nitrogens with one attached hydrogen (secondary N) is 2. The molecule has 0 aliphatic rings. The molecule has 4 aromatic rings. The number of imidazole rings is 1. The zero-order valence-electron chi connectivity index (χ0n) is 17.5. The average Bonchev–Trinajstić information content (AvgIpc) is 3.09. The number of halogens is 2. The van der Waals surface area contributed by atoms with Gasteiger partial charge in [-0.2, -0.15) is 0 Å². The number of benzene rings is 2. The van der Waals surface area contributed by atoms with Crippen molar-refractivity contribution in [2.24, 2.45) is 7.05 Å². The lowest BCUT2D eigenvalue weighted by Gasteiger charge is -2.08. The lowest BCUT2D eigenvalue weighted by molar-refractivity contribution is 0.0948. The van der Waals surface area contributed by atoms with Gasteiger partial charge in [0.1, 0.15) is 23.0 Å². The summed E-state index contributed by atoms with van der Waals surface area (Å²) in [6, 6.07) is 13.6. The summed E-state index contributed by atoms with van der Waals surface area (Å²) in [6.07, 6.45) is 2.38. The zero-order chi connectivity index (χ0) is 22.7. The van der Waals surface area contributed by atoms with Crippen LogP contribution < -0.4 is 15.4 Å². The number of aromatic nitrogens is 3. The van der Waals surface area contributed by atoms with Crippen molar-refractivity contribution in [3.63, 3.8) is 0 Å². The Kier molecular flexibility index (Phi) is 6.36. The van der Waals surface area contributed by atoms with E-state index >= 15 is 0 Å². The smallest absolute Gasteiger partial charge is 0.270 e. The average molecular weight is 498 g/mol. The molecule has 9 heteroatoms. The normalized spacial score (nSPS) is 10.9. The van der Waals surface area contributed by atoms with Crippen molar-refractivity contribution < 1.29 is 13.9 Å². The highest BCUT2D eigenvalue weighted by molar-refractivity contribution is 9.10. The fraction of sp³-hybridized carbons (Fsp3) is 0.174. The van der Waals surface area contributed by atoms with Crippen LogP contribution in [0.1, 0.15) is 23.8 Å². The van der Waals surface area contributed by atoms with E-state index in [1.165, 1.54) is 12.3 Å². The number of rotatable bonds is 7. The number of nitrogens with zero attached hydrogens (tertiary/aromatic N) is 3. The Morgan fingerprint density at radius 1 is 1.16 bits per heavy atom. The Morgan fingerprint density at radius 3 is 2.75 bits per heavy atom. The van der Waals surface area contributed by atoms with Crippen LogP contribution in [0.5, 0.6) is 11.5 Å². The van der Waals surface area contributed by atoms with Gasteiger partial charge < -0.3 is 19.9 Å². The van der Waals surface area contributed by atoms with Gasteiger partial charge in [-0.15, -0.1) is 0 Å². The molecule has 0 unspecified atom stereocenters. The molecular formula is C23H21BrFN5O2. The van der Waals surface area contributed by atoms with E-state index in [1.54, 1.807) is 30.3 Å². The van der Waals surface area contributed by atoms with Gasteiger partial charge in [0.25, 0.3) is 5.91 Å². The molecular weight excluding hydrogens is 477 g/mol. The topological polar surface area (TPSA) is 81.1 Å². The van der Waals surface area contributed by atoms with Crippen LogP contribution in [0.2, 0.25) is 0 Å². The van der Waals surface area contributed by atoms with Crippen LogP contribution >= 0.6 is 15.9 Å². The fourth-order valence-electron chi connectivity index (χ4n) is 3.12. The SMILES string of the molecule is CCCNC(=O)c1cc(Oc2ccc3c(c2)nc(Nc2ccc(Br)c(F)c2)n3C)ccn1. The van der Waals surface area contributed by atoms with Crippen molar-refractivity contribution in [2.75, 3.05) is 11.9 Å². The largest absolute Gasteiger partial charge is 0.457 e. The summed E-state index contributed by atoms with van der Waals surface area (Å²) < 4.78 is 22.0. The van der Waals surface area contributed by atoms with Crippen LogP contribution in [-0.2, 0) is 7.05 Å². The summed E-state index contributed by atoms with van der Waals surface area (Å²) in [7, 11) is 1.87. The highest BCUT2D eigenvalue weighted by Gasteiger charge is 2.12.